The van der Waals surface area contributed by atoms with Crippen LogP contribution in [0.15, 0.2) is 18.3 Å². The van der Waals surface area contributed by atoms with Gasteiger partial charge in [-0.25, -0.2) is 9.78 Å². The van der Waals surface area contributed by atoms with Crippen molar-refractivity contribution < 1.29 is 4.79 Å². The van der Waals surface area contributed by atoms with E-state index in [4.69, 9.17) is 0 Å². The van der Waals surface area contributed by atoms with Crippen molar-refractivity contribution in [3.8, 4) is 0 Å². The summed E-state index contributed by atoms with van der Waals surface area (Å²) < 4.78 is 0. The monoisotopic (exact) mass is 193 g/mol. The first-order valence-electron chi connectivity index (χ1n) is 4.40. The highest BCUT2D eigenvalue weighted by Crippen LogP contribution is 2.11. The van der Waals surface area contributed by atoms with Gasteiger partial charge in [0.25, 0.3) is 0 Å². The Morgan fingerprint density at radius 2 is 2.00 bits per heavy atom. The van der Waals surface area contributed by atoms with Crippen molar-refractivity contribution in [2.45, 2.75) is 6.92 Å². The first kappa shape index (κ1) is 10.5. The van der Waals surface area contributed by atoms with E-state index in [1.807, 2.05) is 19.1 Å². The van der Waals surface area contributed by atoms with Crippen molar-refractivity contribution in [2.24, 2.45) is 0 Å². The second-order valence-electron chi connectivity index (χ2n) is 3.43. The topological polar surface area (TPSA) is 36.4 Å². The number of amides is 2. The van der Waals surface area contributed by atoms with Crippen LogP contribution in [0.4, 0.5) is 10.6 Å². The number of anilines is 1. The average Bonchev–Trinajstić information content (AvgIpc) is 2.15. The fraction of sp³-hybridized carbons (Fsp3) is 0.400. The third-order valence-corrected chi connectivity index (χ3v) is 1.91. The number of aryl methyl sites for hydroxylation is 1. The number of urea groups is 1. The summed E-state index contributed by atoms with van der Waals surface area (Å²) in [6.07, 6.45) is 1.70. The molecule has 1 rings (SSSR count). The van der Waals surface area contributed by atoms with Gasteiger partial charge >= 0.3 is 6.03 Å². The predicted octanol–water partition coefficient (Wildman–Crippen LogP) is 1.51. The number of carbonyl (C=O) groups is 1. The maximum atomic E-state index is 11.6. The predicted molar refractivity (Wildman–Crippen MR) is 56.5 cm³/mol. The Hall–Kier alpha value is -1.58. The maximum absolute atomic E-state index is 11.6. The van der Waals surface area contributed by atoms with Gasteiger partial charge < -0.3 is 4.90 Å². The van der Waals surface area contributed by atoms with Crippen molar-refractivity contribution in [2.75, 3.05) is 26.0 Å². The molecule has 4 heteroatoms. The lowest BCUT2D eigenvalue weighted by molar-refractivity contribution is 0.225. The minimum absolute atomic E-state index is 0.0805. The summed E-state index contributed by atoms with van der Waals surface area (Å²) in [5.41, 5.74) is 1.09. The summed E-state index contributed by atoms with van der Waals surface area (Å²) in [5, 5.41) is 0. The van der Waals surface area contributed by atoms with Crippen molar-refractivity contribution >= 4 is 11.8 Å². The summed E-state index contributed by atoms with van der Waals surface area (Å²) >= 11 is 0. The third-order valence-electron chi connectivity index (χ3n) is 1.91. The van der Waals surface area contributed by atoms with Gasteiger partial charge in [-0.05, 0) is 24.6 Å². The Labute approximate surface area is 84.2 Å². The molecule has 0 atom stereocenters. The molecule has 0 bridgehead atoms. The van der Waals surface area contributed by atoms with Crippen LogP contribution in [0.1, 0.15) is 5.56 Å². The van der Waals surface area contributed by atoms with Gasteiger partial charge in [-0.1, -0.05) is 0 Å². The van der Waals surface area contributed by atoms with Crippen LogP contribution >= 0.6 is 0 Å². The number of nitrogens with zero attached hydrogens (tertiary/aromatic N) is 3. The van der Waals surface area contributed by atoms with Gasteiger partial charge in [0.15, 0.2) is 0 Å². The van der Waals surface area contributed by atoms with E-state index in [9.17, 15) is 4.79 Å². The van der Waals surface area contributed by atoms with E-state index in [-0.39, 0.29) is 6.03 Å². The smallest absolute Gasteiger partial charge is 0.324 e. The van der Waals surface area contributed by atoms with Gasteiger partial charge in [-0.3, -0.25) is 4.90 Å². The Balaban J connectivity index is 2.89. The standard InChI is InChI=1S/C10H15N3O/c1-8-5-6-11-9(7-8)13(4)10(14)12(2)3/h5-7H,1-4H3. The lowest BCUT2D eigenvalue weighted by Crippen LogP contribution is -2.36. The summed E-state index contributed by atoms with van der Waals surface area (Å²) in [5.74, 6) is 0.670. The van der Waals surface area contributed by atoms with Crippen molar-refractivity contribution in [1.82, 2.24) is 9.88 Å². The van der Waals surface area contributed by atoms with Gasteiger partial charge in [0.05, 0.1) is 0 Å². The fourth-order valence-corrected chi connectivity index (χ4v) is 1.10. The molecule has 4 nitrogen and oxygen atoms in total. The van der Waals surface area contributed by atoms with E-state index in [1.54, 1.807) is 27.3 Å². The van der Waals surface area contributed by atoms with E-state index >= 15 is 0 Å². The van der Waals surface area contributed by atoms with Crippen LogP contribution in [0.2, 0.25) is 0 Å². The number of rotatable bonds is 1. The van der Waals surface area contributed by atoms with Gasteiger partial charge in [-0.15, -0.1) is 0 Å². The number of aromatic nitrogens is 1. The average molecular weight is 193 g/mol. The second-order valence-corrected chi connectivity index (χ2v) is 3.43. The van der Waals surface area contributed by atoms with Gasteiger partial charge in [0, 0.05) is 27.3 Å². The zero-order valence-electron chi connectivity index (χ0n) is 8.98. The number of hydrogen-bond acceptors (Lipinski definition) is 2. The van der Waals surface area contributed by atoms with Crippen molar-refractivity contribution in [3.63, 3.8) is 0 Å². The molecule has 0 saturated carbocycles. The zero-order valence-corrected chi connectivity index (χ0v) is 8.98. The molecule has 0 fully saturated rings. The molecule has 0 aliphatic heterocycles. The SMILES string of the molecule is Cc1ccnc(N(C)C(=O)N(C)C)c1. The van der Waals surface area contributed by atoms with E-state index in [1.165, 1.54) is 9.80 Å². The van der Waals surface area contributed by atoms with Crippen LogP contribution in [0, 0.1) is 6.92 Å². The molecule has 0 aliphatic carbocycles. The molecule has 76 valence electrons. The van der Waals surface area contributed by atoms with E-state index in [0.717, 1.165) is 5.56 Å². The Morgan fingerprint density at radius 1 is 1.36 bits per heavy atom. The summed E-state index contributed by atoms with van der Waals surface area (Å²) in [4.78, 5) is 18.7. The van der Waals surface area contributed by atoms with Gasteiger partial charge in [0.2, 0.25) is 0 Å². The maximum Gasteiger partial charge on any atom is 0.324 e. The minimum atomic E-state index is -0.0805. The van der Waals surface area contributed by atoms with Crippen LogP contribution in [0.25, 0.3) is 0 Å². The normalized spacial score (nSPS) is 9.71. The van der Waals surface area contributed by atoms with Crippen LogP contribution in [0.5, 0.6) is 0 Å². The quantitative estimate of drug-likeness (QED) is 0.677. The highest BCUT2D eigenvalue weighted by atomic mass is 16.2. The molecule has 2 amide bonds. The molecule has 0 spiro atoms. The van der Waals surface area contributed by atoms with Crippen LogP contribution < -0.4 is 4.90 Å². The fourth-order valence-electron chi connectivity index (χ4n) is 1.10. The lowest BCUT2D eigenvalue weighted by Gasteiger charge is -2.20. The Morgan fingerprint density at radius 3 is 2.50 bits per heavy atom. The molecule has 0 aromatic carbocycles. The van der Waals surface area contributed by atoms with E-state index in [2.05, 4.69) is 4.98 Å². The van der Waals surface area contributed by atoms with Crippen LogP contribution in [-0.4, -0.2) is 37.1 Å². The third kappa shape index (κ3) is 2.22. The summed E-state index contributed by atoms with van der Waals surface area (Å²) in [6, 6.07) is 3.70. The largest absolute Gasteiger partial charge is 0.330 e. The van der Waals surface area contributed by atoms with Crippen LogP contribution in [-0.2, 0) is 0 Å². The molecular formula is C10H15N3O. The van der Waals surface area contributed by atoms with E-state index in [0.29, 0.717) is 5.82 Å². The molecule has 1 aromatic rings. The highest BCUT2D eigenvalue weighted by Gasteiger charge is 2.13. The molecule has 0 radical (unpaired) electrons. The molecule has 0 unspecified atom stereocenters. The molecular weight excluding hydrogens is 178 g/mol. The summed E-state index contributed by atoms with van der Waals surface area (Å²) in [6.45, 7) is 1.97. The van der Waals surface area contributed by atoms with E-state index < -0.39 is 0 Å². The minimum Gasteiger partial charge on any atom is -0.330 e. The van der Waals surface area contributed by atoms with Crippen molar-refractivity contribution in [1.29, 1.82) is 0 Å². The molecule has 1 aromatic heterocycles. The van der Waals surface area contributed by atoms with Gasteiger partial charge in [-0.2, -0.15) is 0 Å². The Bertz CT molecular complexity index is 336. The first-order chi connectivity index (χ1) is 6.52. The molecule has 1 heterocycles. The lowest BCUT2D eigenvalue weighted by atomic mass is 10.3. The molecule has 0 aliphatic rings. The Kier molecular flexibility index (Phi) is 3.06. The zero-order chi connectivity index (χ0) is 10.7. The first-order valence-corrected chi connectivity index (χ1v) is 4.40. The van der Waals surface area contributed by atoms with Crippen molar-refractivity contribution in [3.05, 3.63) is 23.9 Å². The number of pyridine rings is 1. The highest BCUT2D eigenvalue weighted by molar-refractivity contribution is 5.90. The summed E-state index contributed by atoms with van der Waals surface area (Å²) in [7, 11) is 5.15. The number of carbonyl (C=O) groups excluding carboxylic acids is 1. The number of hydrogen-bond donors (Lipinski definition) is 0. The molecule has 0 N–H and O–H groups in total. The van der Waals surface area contributed by atoms with Crippen LogP contribution in [0.3, 0.4) is 0 Å². The molecule has 14 heavy (non-hydrogen) atoms. The second kappa shape index (κ2) is 4.09. The van der Waals surface area contributed by atoms with Gasteiger partial charge in [0.1, 0.15) is 5.82 Å². The molecule has 0 saturated heterocycles.